The number of hydrogen-bond donors (Lipinski definition) is 0. The van der Waals surface area contributed by atoms with Crippen LogP contribution in [0.3, 0.4) is 0 Å². The van der Waals surface area contributed by atoms with E-state index in [2.05, 4.69) is 0 Å². The van der Waals surface area contributed by atoms with Crippen LogP contribution in [0.15, 0.2) is 24.3 Å². The molecule has 0 bridgehead atoms. The van der Waals surface area contributed by atoms with Gasteiger partial charge in [-0.15, -0.1) is 11.6 Å². The molecule has 0 heterocycles. The predicted molar refractivity (Wildman–Crippen MR) is 79.8 cm³/mol. The first-order valence-electron chi connectivity index (χ1n) is 7.16. The summed E-state index contributed by atoms with van der Waals surface area (Å²) in [7, 11) is 0. The highest BCUT2D eigenvalue weighted by Crippen LogP contribution is 2.24. The zero-order valence-electron chi connectivity index (χ0n) is 11.6. The monoisotopic (exact) mass is 279 g/mol. The number of carbonyl (C=O) groups excluding carboxylic acids is 1. The molecule has 3 heteroatoms. The van der Waals surface area contributed by atoms with Crippen LogP contribution >= 0.6 is 11.6 Å². The van der Waals surface area contributed by atoms with Crippen molar-refractivity contribution in [1.29, 1.82) is 0 Å². The minimum absolute atomic E-state index is 0.144. The van der Waals surface area contributed by atoms with Gasteiger partial charge < -0.3 is 4.90 Å². The van der Waals surface area contributed by atoms with Crippen LogP contribution in [0.25, 0.3) is 0 Å². The second-order valence-electron chi connectivity index (χ2n) is 5.29. The quantitative estimate of drug-likeness (QED) is 0.763. The zero-order valence-corrected chi connectivity index (χ0v) is 12.3. The molecule has 1 aliphatic carbocycles. The molecule has 2 nitrogen and oxygen atoms in total. The lowest BCUT2D eigenvalue weighted by Crippen LogP contribution is -2.42. The maximum atomic E-state index is 12.7. The lowest BCUT2D eigenvalue weighted by molar-refractivity contribution is 0.0649. The molecule has 1 amide bonds. The van der Waals surface area contributed by atoms with Crippen LogP contribution in [0.1, 0.15) is 48.0 Å². The summed E-state index contributed by atoms with van der Waals surface area (Å²) in [6, 6.07) is 8.19. The second-order valence-corrected chi connectivity index (χ2v) is 5.67. The van der Waals surface area contributed by atoms with Crippen molar-refractivity contribution in [2.75, 3.05) is 12.4 Å². The van der Waals surface area contributed by atoms with Crippen LogP contribution in [-0.2, 0) is 0 Å². The Balaban J connectivity index is 2.18. The molecule has 0 aliphatic heterocycles. The Morgan fingerprint density at radius 1 is 1.26 bits per heavy atom. The number of benzene rings is 1. The predicted octanol–water partition coefficient (Wildman–Crippen LogP) is 4.01. The first-order chi connectivity index (χ1) is 9.24. The van der Waals surface area contributed by atoms with Crippen LogP contribution < -0.4 is 0 Å². The van der Waals surface area contributed by atoms with Gasteiger partial charge in [-0.3, -0.25) is 4.79 Å². The topological polar surface area (TPSA) is 20.3 Å². The fraction of sp³-hybridized carbons (Fsp3) is 0.562. The van der Waals surface area contributed by atoms with E-state index in [1.54, 1.807) is 0 Å². The molecular weight excluding hydrogens is 258 g/mol. The van der Waals surface area contributed by atoms with Gasteiger partial charge in [0.1, 0.15) is 0 Å². The molecule has 1 aliphatic rings. The Bertz CT molecular complexity index is 427. The number of halogens is 1. The van der Waals surface area contributed by atoms with Gasteiger partial charge in [0.2, 0.25) is 0 Å². The van der Waals surface area contributed by atoms with Gasteiger partial charge in [0, 0.05) is 24.0 Å². The van der Waals surface area contributed by atoms with Crippen molar-refractivity contribution in [1.82, 2.24) is 4.90 Å². The molecule has 0 unspecified atom stereocenters. The zero-order chi connectivity index (χ0) is 13.7. The van der Waals surface area contributed by atoms with Crippen molar-refractivity contribution in [2.24, 2.45) is 0 Å². The summed E-state index contributed by atoms with van der Waals surface area (Å²) in [6.45, 7) is 2.65. The van der Waals surface area contributed by atoms with Gasteiger partial charge in [0.05, 0.1) is 0 Å². The van der Waals surface area contributed by atoms with Gasteiger partial charge in [-0.2, -0.15) is 0 Å². The lowest BCUT2D eigenvalue weighted by atomic mass is 9.93. The number of hydrogen-bond acceptors (Lipinski definition) is 1. The fourth-order valence-electron chi connectivity index (χ4n) is 2.90. The van der Waals surface area contributed by atoms with Crippen molar-refractivity contribution >= 4 is 17.5 Å². The van der Waals surface area contributed by atoms with Crippen LogP contribution in [0.4, 0.5) is 0 Å². The fourth-order valence-corrected chi connectivity index (χ4v) is 3.08. The van der Waals surface area contributed by atoms with Crippen LogP contribution in [0, 0.1) is 6.92 Å². The average molecular weight is 280 g/mol. The van der Waals surface area contributed by atoms with E-state index in [4.69, 9.17) is 11.6 Å². The van der Waals surface area contributed by atoms with Crippen molar-refractivity contribution in [3.63, 3.8) is 0 Å². The second kappa shape index (κ2) is 6.95. The standard InChI is InChI=1S/C16H22ClNO/c1-13-7-5-6-10-15(13)16(19)18(12-11-17)14-8-3-2-4-9-14/h5-7,10,14H,2-4,8-9,11-12H2,1H3. The van der Waals surface area contributed by atoms with E-state index in [1.165, 1.54) is 19.3 Å². The van der Waals surface area contributed by atoms with Crippen molar-refractivity contribution in [2.45, 2.75) is 45.1 Å². The third-order valence-electron chi connectivity index (χ3n) is 3.98. The maximum Gasteiger partial charge on any atom is 0.254 e. The molecule has 2 rings (SSSR count). The highest BCUT2D eigenvalue weighted by Gasteiger charge is 2.26. The largest absolute Gasteiger partial charge is 0.334 e. The number of aryl methyl sites for hydroxylation is 1. The van der Waals surface area contributed by atoms with Gasteiger partial charge in [-0.05, 0) is 31.4 Å². The average Bonchev–Trinajstić information content (AvgIpc) is 2.45. The summed E-state index contributed by atoms with van der Waals surface area (Å²) >= 11 is 5.89. The highest BCUT2D eigenvalue weighted by atomic mass is 35.5. The van der Waals surface area contributed by atoms with Crippen LogP contribution in [0.5, 0.6) is 0 Å². The van der Waals surface area contributed by atoms with E-state index in [1.807, 2.05) is 36.1 Å². The number of nitrogens with zero attached hydrogens (tertiary/aromatic N) is 1. The Morgan fingerprint density at radius 3 is 2.58 bits per heavy atom. The van der Waals surface area contributed by atoms with Crippen LogP contribution in [0.2, 0.25) is 0 Å². The van der Waals surface area contributed by atoms with Crippen molar-refractivity contribution in [3.05, 3.63) is 35.4 Å². The smallest absolute Gasteiger partial charge is 0.254 e. The minimum Gasteiger partial charge on any atom is -0.334 e. The van der Waals surface area contributed by atoms with E-state index in [-0.39, 0.29) is 5.91 Å². The molecule has 0 saturated heterocycles. The molecule has 1 fully saturated rings. The molecule has 0 N–H and O–H groups in total. The first-order valence-corrected chi connectivity index (χ1v) is 7.70. The minimum atomic E-state index is 0.144. The normalized spacial score (nSPS) is 16.3. The van der Waals surface area contributed by atoms with E-state index in [9.17, 15) is 4.79 Å². The third kappa shape index (κ3) is 3.50. The van der Waals surface area contributed by atoms with E-state index in [0.29, 0.717) is 18.5 Å². The number of rotatable bonds is 4. The van der Waals surface area contributed by atoms with Gasteiger partial charge in [-0.25, -0.2) is 0 Å². The van der Waals surface area contributed by atoms with Gasteiger partial charge in [0.25, 0.3) is 5.91 Å². The van der Waals surface area contributed by atoms with E-state index in [0.717, 1.165) is 24.0 Å². The Kier molecular flexibility index (Phi) is 5.26. The van der Waals surface area contributed by atoms with E-state index >= 15 is 0 Å². The maximum absolute atomic E-state index is 12.7. The summed E-state index contributed by atoms with van der Waals surface area (Å²) in [5.74, 6) is 0.652. The Labute approximate surface area is 120 Å². The summed E-state index contributed by atoms with van der Waals surface area (Å²) < 4.78 is 0. The Morgan fingerprint density at radius 2 is 1.95 bits per heavy atom. The lowest BCUT2D eigenvalue weighted by Gasteiger charge is -2.34. The number of carbonyl (C=O) groups is 1. The van der Waals surface area contributed by atoms with Gasteiger partial charge in [-0.1, -0.05) is 37.5 Å². The number of amides is 1. The molecule has 1 aromatic rings. The first kappa shape index (κ1) is 14.4. The van der Waals surface area contributed by atoms with Gasteiger partial charge >= 0.3 is 0 Å². The Hall–Kier alpha value is -1.02. The summed E-state index contributed by atoms with van der Waals surface area (Å²) in [4.78, 5) is 14.7. The van der Waals surface area contributed by atoms with Crippen LogP contribution in [-0.4, -0.2) is 29.3 Å². The summed E-state index contributed by atoms with van der Waals surface area (Å²) in [5, 5.41) is 0. The molecular formula is C16H22ClNO. The molecule has 19 heavy (non-hydrogen) atoms. The van der Waals surface area contributed by atoms with Gasteiger partial charge in [0.15, 0.2) is 0 Å². The number of alkyl halides is 1. The van der Waals surface area contributed by atoms with E-state index < -0.39 is 0 Å². The molecule has 0 radical (unpaired) electrons. The van der Waals surface area contributed by atoms with Crippen molar-refractivity contribution < 1.29 is 4.79 Å². The molecule has 1 saturated carbocycles. The third-order valence-corrected chi connectivity index (χ3v) is 4.15. The van der Waals surface area contributed by atoms with Crippen molar-refractivity contribution in [3.8, 4) is 0 Å². The molecule has 1 aromatic carbocycles. The molecule has 0 atom stereocenters. The molecule has 0 aromatic heterocycles. The SMILES string of the molecule is Cc1ccccc1C(=O)N(CCCl)C1CCCCC1. The molecule has 0 spiro atoms. The highest BCUT2D eigenvalue weighted by molar-refractivity contribution is 6.18. The summed E-state index contributed by atoms with van der Waals surface area (Å²) in [6.07, 6.45) is 5.99. The summed E-state index contributed by atoms with van der Waals surface area (Å²) in [5.41, 5.74) is 1.86. The molecule has 104 valence electrons.